The predicted octanol–water partition coefficient (Wildman–Crippen LogP) is 0.0899. The van der Waals surface area contributed by atoms with E-state index in [0.29, 0.717) is 11.4 Å². The van der Waals surface area contributed by atoms with Crippen LogP contribution in [-0.4, -0.2) is 41.9 Å². The van der Waals surface area contributed by atoms with Gasteiger partial charge in [-0.1, -0.05) is 11.3 Å². The summed E-state index contributed by atoms with van der Waals surface area (Å²) in [4.78, 5) is 16.4. The summed E-state index contributed by atoms with van der Waals surface area (Å²) < 4.78 is 5.66. The lowest BCUT2D eigenvalue weighted by atomic mass is 10.2. The van der Waals surface area contributed by atoms with Crippen molar-refractivity contribution < 1.29 is 9.42 Å². The van der Waals surface area contributed by atoms with Gasteiger partial charge in [0.15, 0.2) is 5.69 Å². The topological polar surface area (TPSA) is 150 Å². The summed E-state index contributed by atoms with van der Waals surface area (Å²) in [5.41, 5.74) is 9.95. The molecular weight excluding hydrogens is 314 g/mol. The van der Waals surface area contributed by atoms with Crippen LogP contribution in [0.3, 0.4) is 0 Å². The predicted molar refractivity (Wildman–Crippen MR) is 82.3 cm³/mol. The van der Waals surface area contributed by atoms with Crippen molar-refractivity contribution in [1.82, 2.24) is 35.7 Å². The molecule has 0 radical (unpaired) electrons. The van der Waals surface area contributed by atoms with Crippen molar-refractivity contribution >= 4 is 17.4 Å². The van der Waals surface area contributed by atoms with Crippen LogP contribution in [0.5, 0.6) is 0 Å². The molecule has 0 saturated carbocycles. The number of aryl methyl sites for hydroxylation is 1. The first kappa shape index (κ1) is 15.3. The Labute approximate surface area is 135 Å². The van der Waals surface area contributed by atoms with Gasteiger partial charge in [0.2, 0.25) is 11.6 Å². The molecule has 0 fully saturated rings. The lowest BCUT2D eigenvalue weighted by Gasteiger charge is -2.04. The number of nitrogen functional groups attached to an aromatic ring is 1. The molecule has 0 aliphatic carbocycles. The van der Waals surface area contributed by atoms with Crippen LogP contribution in [0, 0.1) is 6.92 Å². The van der Waals surface area contributed by atoms with Gasteiger partial charge >= 0.3 is 0 Å². The Morgan fingerprint density at radius 1 is 1.42 bits per heavy atom. The Morgan fingerprint density at radius 3 is 2.92 bits per heavy atom. The molecule has 3 heterocycles. The third-order valence-electron chi connectivity index (χ3n) is 3.15. The normalized spacial score (nSPS) is 11.5. The summed E-state index contributed by atoms with van der Waals surface area (Å²) in [5.74, 6) is -0.458. The highest BCUT2D eigenvalue weighted by atomic mass is 16.6. The van der Waals surface area contributed by atoms with Crippen LogP contribution in [0.2, 0.25) is 0 Å². The maximum absolute atomic E-state index is 12.4. The Kier molecular flexibility index (Phi) is 3.97. The fraction of sp³-hybridized carbons (Fsp3) is 0.154. The zero-order valence-electron chi connectivity index (χ0n) is 12.8. The van der Waals surface area contributed by atoms with E-state index in [0.717, 1.165) is 10.2 Å². The van der Waals surface area contributed by atoms with Crippen molar-refractivity contribution in [3.63, 3.8) is 0 Å². The summed E-state index contributed by atoms with van der Waals surface area (Å²) in [5, 5.41) is 18.8. The van der Waals surface area contributed by atoms with Crippen molar-refractivity contribution in [2.24, 2.45) is 5.10 Å². The highest BCUT2D eigenvalue weighted by molar-refractivity contribution is 6.00. The largest absolute Gasteiger partial charge is 0.378 e. The van der Waals surface area contributed by atoms with Gasteiger partial charge in [-0.15, -0.1) is 5.10 Å². The molecule has 0 saturated heterocycles. The average Bonchev–Trinajstić information content (AvgIpc) is 3.18. The number of hydrogen-bond donors (Lipinski definition) is 2. The molecule has 24 heavy (non-hydrogen) atoms. The molecule has 11 heteroatoms. The first-order chi connectivity index (χ1) is 11.6. The smallest absolute Gasteiger partial charge is 0.292 e. The number of carbonyl (C=O) groups is 1. The Morgan fingerprint density at radius 2 is 2.25 bits per heavy atom. The molecule has 0 aromatic carbocycles. The number of hydrazone groups is 1. The fourth-order valence-electron chi connectivity index (χ4n) is 1.93. The van der Waals surface area contributed by atoms with Crippen LogP contribution in [0.4, 0.5) is 5.82 Å². The van der Waals surface area contributed by atoms with E-state index in [4.69, 9.17) is 5.73 Å². The third-order valence-corrected chi connectivity index (χ3v) is 3.15. The summed E-state index contributed by atoms with van der Waals surface area (Å²) in [6.45, 7) is 3.37. The van der Waals surface area contributed by atoms with Crippen LogP contribution in [0.25, 0.3) is 5.82 Å². The number of nitrogens with one attached hydrogen (secondary N) is 1. The molecule has 1 amide bonds. The maximum Gasteiger partial charge on any atom is 0.292 e. The van der Waals surface area contributed by atoms with Gasteiger partial charge in [0.1, 0.15) is 0 Å². The zero-order chi connectivity index (χ0) is 17.1. The van der Waals surface area contributed by atoms with Crippen molar-refractivity contribution in [2.45, 2.75) is 13.8 Å². The van der Waals surface area contributed by atoms with E-state index < -0.39 is 5.91 Å². The van der Waals surface area contributed by atoms with Crippen molar-refractivity contribution in [1.29, 1.82) is 0 Å². The molecule has 0 aliphatic heterocycles. The average molecular weight is 327 g/mol. The SMILES string of the molecule is CC(=NNC(=O)c1c(C)nnn1-c1nonc1N)c1cccnc1. The number of amides is 1. The summed E-state index contributed by atoms with van der Waals surface area (Å²) in [6, 6.07) is 3.61. The lowest BCUT2D eigenvalue weighted by Crippen LogP contribution is -2.24. The summed E-state index contributed by atoms with van der Waals surface area (Å²) >= 11 is 0. The van der Waals surface area contributed by atoms with E-state index in [1.165, 1.54) is 0 Å². The minimum atomic E-state index is -0.525. The van der Waals surface area contributed by atoms with Gasteiger partial charge in [0, 0.05) is 18.0 Å². The second kappa shape index (κ2) is 6.24. The second-order valence-electron chi connectivity index (χ2n) is 4.79. The highest BCUT2D eigenvalue weighted by Crippen LogP contribution is 2.15. The molecule has 0 aliphatic rings. The summed E-state index contributed by atoms with van der Waals surface area (Å²) in [6.07, 6.45) is 3.29. The minimum absolute atomic E-state index is 0.0102. The quantitative estimate of drug-likeness (QED) is 0.505. The molecule has 0 atom stereocenters. The molecule has 0 unspecified atom stereocenters. The van der Waals surface area contributed by atoms with Crippen LogP contribution < -0.4 is 11.2 Å². The van der Waals surface area contributed by atoms with Gasteiger partial charge in [-0.3, -0.25) is 9.78 Å². The molecule has 122 valence electrons. The fourth-order valence-corrected chi connectivity index (χ4v) is 1.93. The molecular formula is C13H13N9O2. The van der Waals surface area contributed by atoms with Gasteiger partial charge in [-0.05, 0) is 30.2 Å². The number of aromatic nitrogens is 6. The van der Waals surface area contributed by atoms with E-state index in [-0.39, 0.29) is 17.3 Å². The van der Waals surface area contributed by atoms with E-state index in [1.807, 2.05) is 6.07 Å². The molecule has 3 N–H and O–H groups in total. The van der Waals surface area contributed by atoms with Gasteiger partial charge < -0.3 is 5.73 Å². The molecule has 3 rings (SSSR count). The number of rotatable bonds is 4. The Hall–Kier alpha value is -3.63. The monoisotopic (exact) mass is 327 g/mol. The molecule has 11 nitrogen and oxygen atoms in total. The van der Waals surface area contributed by atoms with Crippen molar-refractivity contribution in [2.75, 3.05) is 5.73 Å². The zero-order valence-corrected chi connectivity index (χ0v) is 12.8. The number of nitrogens with two attached hydrogens (primary N) is 1. The van der Waals surface area contributed by atoms with Gasteiger partial charge in [0.05, 0.1) is 11.4 Å². The van der Waals surface area contributed by atoms with Crippen LogP contribution in [0.15, 0.2) is 34.3 Å². The first-order valence-electron chi connectivity index (χ1n) is 6.83. The molecule has 3 aromatic rings. The standard InChI is InChI=1S/C13H13N9O2/c1-7(9-4-3-5-15-6-9)16-18-13(23)10-8(2)17-21-22(10)12-11(14)19-24-20-12/h3-6H,1-2H3,(H2,14,19)(H,18,23). The van der Waals surface area contributed by atoms with Crippen LogP contribution in [-0.2, 0) is 0 Å². The van der Waals surface area contributed by atoms with E-state index in [1.54, 1.807) is 32.3 Å². The van der Waals surface area contributed by atoms with Gasteiger partial charge in [-0.2, -0.15) is 9.78 Å². The number of nitrogens with zero attached hydrogens (tertiary/aromatic N) is 7. The molecule has 0 bridgehead atoms. The van der Waals surface area contributed by atoms with E-state index >= 15 is 0 Å². The number of anilines is 1. The van der Waals surface area contributed by atoms with E-state index in [9.17, 15) is 4.79 Å². The molecule has 3 aromatic heterocycles. The van der Waals surface area contributed by atoms with E-state index in [2.05, 4.69) is 40.8 Å². The van der Waals surface area contributed by atoms with Crippen molar-refractivity contribution in [3.05, 3.63) is 41.5 Å². The van der Waals surface area contributed by atoms with Crippen LogP contribution in [0.1, 0.15) is 28.7 Å². The van der Waals surface area contributed by atoms with Crippen molar-refractivity contribution in [3.8, 4) is 5.82 Å². The highest BCUT2D eigenvalue weighted by Gasteiger charge is 2.22. The van der Waals surface area contributed by atoms with Gasteiger partial charge in [-0.25, -0.2) is 10.1 Å². The number of carbonyl (C=O) groups excluding carboxylic acids is 1. The first-order valence-corrected chi connectivity index (χ1v) is 6.83. The third kappa shape index (κ3) is 2.82. The second-order valence-corrected chi connectivity index (χ2v) is 4.79. The Bertz CT molecular complexity index is 897. The van der Waals surface area contributed by atoms with Gasteiger partial charge in [0.25, 0.3) is 5.91 Å². The number of hydrogen-bond acceptors (Lipinski definition) is 9. The Balaban J connectivity index is 1.86. The maximum atomic E-state index is 12.4. The minimum Gasteiger partial charge on any atom is -0.378 e. The van der Waals surface area contributed by atoms with Crippen LogP contribution >= 0.6 is 0 Å². The molecule has 0 spiro atoms. The lowest BCUT2D eigenvalue weighted by molar-refractivity contribution is 0.0946. The summed E-state index contributed by atoms with van der Waals surface area (Å²) in [7, 11) is 0. The number of pyridine rings is 1.